The number of carbonyl (C=O) groups is 2. The van der Waals surface area contributed by atoms with Crippen LogP contribution in [0.25, 0.3) is 0 Å². The van der Waals surface area contributed by atoms with Gasteiger partial charge in [-0.1, -0.05) is 19.1 Å². The van der Waals surface area contributed by atoms with Crippen LogP contribution in [0.15, 0.2) is 48.5 Å². The molecule has 2 rings (SSSR count). The van der Waals surface area contributed by atoms with Crippen LogP contribution in [0, 0.1) is 0 Å². The highest BCUT2D eigenvalue weighted by Gasteiger charge is 2.13. The van der Waals surface area contributed by atoms with Gasteiger partial charge in [0.05, 0.1) is 25.0 Å². The lowest BCUT2D eigenvalue weighted by atomic mass is 10.2. The Labute approximate surface area is 146 Å². The van der Waals surface area contributed by atoms with E-state index in [9.17, 15) is 9.59 Å². The molecule has 0 aliphatic rings. The van der Waals surface area contributed by atoms with Crippen LogP contribution in [0.1, 0.15) is 23.7 Å². The van der Waals surface area contributed by atoms with Gasteiger partial charge in [0, 0.05) is 0 Å². The van der Waals surface area contributed by atoms with Crippen LogP contribution in [-0.2, 0) is 9.53 Å². The third kappa shape index (κ3) is 5.53. The van der Waals surface area contributed by atoms with Gasteiger partial charge in [0.1, 0.15) is 11.5 Å². The van der Waals surface area contributed by atoms with Gasteiger partial charge in [-0.3, -0.25) is 4.79 Å². The molecule has 0 aliphatic carbocycles. The summed E-state index contributed by atoms with van der Waals surface area (Å²) in [5.74, 6) is 0.424. The van der Waals surface area contributed by atoms with E-state index < -0.39 is 5.97 Å². The SMILES string of the molecule is CCCOc1ccc(OCC(=O)Nc2ccccc2C(=O)OC)cc1. The van der Waals surface area contributed by atoms with Crippen LogP contribution in [0.4, 0.5) is 5.69 Å². The zero-order valence-corrected chi connectivity index (χ0v) is 14.3. The Kier molecular flexibility index (Phi) is 6.83. The molecule has 0 saturated heterocycles. The minimum absolute atomic E-state index is 0.176. The van der Waals surface area contributed by atoms with Gasteiger partial charge in [0.15, 0.2) is 6.61 Å². The van der Waals surface area contributed by atoms with Crippen molar-refractivity contribution in [1.29, 1.82) is 0 Å². The summed E-state index contributed by atoms with van der Waals surface area (Å²) in [6.45, 7) is 2.52. The van der Waals surface area contributed by atoms with Crippen molar-refractivity contribution in [2.45, 2.75) is 13.3 Å². The first kappa shape index (κ1) is 18.3. The quantitative estimate of drug-likeness (QED) is 0.745. The predicted octanol–water partition coefficient (Wildman–Crippen LogP) is 3.28. The van der Waals surface area contributed by atoms with Gasteiger partial charge in [-0.15, -0.1) is 0 Å². The van der Waals surface area contributed by atoms with Crippen LogP contribution in [-0.4, -0.2) is 32.2 Å². The molecule has 0 spiro atoms. The van der Waals surface area contributed by atoms with Crippen molar-refractivity contribution in [1.82, 2.24) is 0 Å². The lowest BCUT2D eigenvalue weighted by molar-refractivity contribution is -0.118. The normalized spacial score (nSPS) is 10.0. The maximum absolute atomic E-state index is 12.0. The molecule has 0 aliphatic heterocycles. The molecule has 0 bridgehead atoms. The fourth-order valence-electron chi connectivity index (χ4n) is 2.07. The summed E-state index contributed by atoms with van der Waals surface area (Å²) in [6, 6.07) is 13.7. The maximum atomic E-state index is 12.0. The van der Waals surface area contributed by atoms with Gasteiger partial charge < -0.3 is 19.5 Å². The molecule has 1 N–H and O–H groups in total. The molecule has 0 heterocycles. The van der Waals surface area contributed by atoms with E-state index in [0.717, 1.165) is 12.2 Å². The van der Waals surface area contributed by atoms with Crippen LogP contribution >= 0.6 is 0 Å². The molecule has 2 aromatic rings. The van der Waals surface area contributed by atoms with Gasteiger partial charge >= 0.3 is 5.97 Å². The number of ether oxygens (including phenoxy) is 3. The molecule has 0 atom stereocenters. The lowest BCUT2D eigenvalue weighted by Crippen LogP contribution is -2.21. The van der Waals surface area contributed by atoms with E-state index in [4.69, 9.17) is 14.2 Å². The van der Waals surface area contributed by atoms with Crippen molar-refractivity contribution in [3.05, 3.63) is 54.1 Å². The van der Waals surface area contributed by atoms with Crippen molar-refractivity contribution in [3.63, 3.8) is 0 Å². The Morgan fingerprint density at radius 2 is 1.60 bits per heavy atom. The number of carbonyl (C=O) groups excluding carboxylic acids is 2. The number of para-hydroxylation sites is 1. The summed E-state index contributed by atoms with van der Waals surface area (Å²) in [5.41, 5.74) is 0.669. The molecular formula is C19H21NO5. The Hall–Kier alpha value is -3.02. The van der Waals surface area contributed by atoms with Gasteiger partial charge in [-0.05, 0) is 42.8 Å². The number of hydrogen-bond donors (Lipinski definition) is 1. The number of benzene rings is 2. The molecule has 0 fully saturated rings. The highest BCUT2D eigenvalue weighted by molar-refractivity contribution is 6.01. The Bertz CT molecular complexity index is 712. The fraction of sp³-hybridized carbons (Fsp3) is 0.263. The van der Waals surface area contributed by atoms with E-state index in [1.54, 1.807) is 48.5 Å². The monoisotopic (exact) mass is 343 g/mol. The van der Waals surface area contributed by atoms with E-state index in [2.05, 4.69) is 5.32 Å². The molecule has 6 nitrogen and oxygen atoms in total. The zero-order valence-electron chi connectivity index (χ0n) is 14.3. The van der Waals surface area contributed by atoms with Gasteiger partial charge in [0.2, 0.25) is 0 Å². The van der Waals surface area contributed by atoms with Crippen LogP contribution in [0.5, 0.6) is 11.5 Å². The number of amides is 1. The van der Waals surface area contributed by atoms with E-state index in [-0.39, 0.29) is 18.1 Å². The number of methoxy groups -OCH3 is 1. The summed E-state index contributed by atoms with van der Waals surface area (Å²) in [4.78, 5) is 23.7. The van der Waals surface area contributed by atoms with E-state index in [1.807, 2.05) is 6.92 Å². The predicted molar refractivity (Wildman–Crippen MR) is 94.1 cm³/mol. The van der Waals surface area contributed by atoms with E-state index >= 15 is 0 Å². The van der Waals surface area contributed by atoms with E-state index in [1.165, 1.54) is 7.11 Å². The highest BCUT2D eigenvalue weighted by atomic mass is 16.5. The van der Waals surface area contributed by atoms with Crippen molar-refractivity contribution in [3.8, 4) is 11.5 Å². The second-order valence-corrected chi connectivity index (χ2v) is 5.19. The highest BCUT2D eigenvalue weighted by Crippen LogP contribution is 2.18. The van der Waals surface area contributed by atoms with E-state index in [0.29, 0.717) is 18.0 Å². The van der Waals surface area contributed by atoms with Gasteiger partial charge in [-0.25, -0.2) is 4.79 Å². The Morgan fingerprint density at radius 3 is 2.24 bits per heavy atom. The minimum Gasteiger partial charge on any atom is -0.494 e. The molecule has 0 aromatic heterocycles. The standard InChI is InChI=1S/C19H21NO5/c1-3-12-24-14-8-10-15(11-9-14)25-13-18(21)20-17-7-5-4-6-16(17)19(22)23-2/h4-11H,3,12-13H2,1-2H3,(H,20,21). The first-order valence-electron chi connectivity index (χ1n) is 7.97. The number of nitrogens with one attached hydrogen (secondary N) is 1. The summed E-state index contributed by atoms with van der Waals surface area (Å²) in [7, 11) is 1.29. The first-order valence-corrected chi connectivity index (χ1v) is 7.97. The van der Waals surface area contributed by atoms with Crippen molar-refractivity contribution in [2.75, 3.05) is 25.6 Å². The van der Waals surface area contributed by atoms with Gasteiger partial charge in [-0.2, -0.15) is 0 Å². The summed E-state index contributed by atoms with van der Waals surface area (Å²) < 4.78 is 15.6. The number of esters is 1. The zero-order chi connectivity index (χ0) is 18.1. The third-order valence-corrected chi connectivity index (χ3v) is 3.27. The molecule has 25 heavy (non-hydrogen) atoms. The second kappa shape index (κ2) is 9.32. The molecular weight excluding hydrogens is 322 g/mol. The average Bonchev–Trinajstić information content (AvgIpc) is 2.65. The average molecular weight is 343 g/mol. The first-order chi connectivity index (χ1) is 12.1. The Balaban J connectivity index is 1.90. The molecule has 132 valence electrons. The summed E-state index contributed by atoms with van der Waals surface area (Å²) in [5, 5.41) is 2.65. The minimum atomic E-state index is -0.514. The summed E-state index contributed by atoms with van der Waals surface area (Å²) in [6.07, 6.45) is 0.936. The molecule has 2 aromatic carbocycles. The maximum Gasteiger partial charge on any atom is 0.339 e. The molecule has 1 amide bonds. The van der Waals surface area contributed by atoms with Gasteiger partial charge in [0.25, 0.3) is 5.91 Å². The second-order valence-electron chi connectivity index (χ2n) is 5.19. The number of rotatable bonds is 8. The fourth-order valence-corrected chi connectivity index (χ4v) is 2.07. The largest absolute Gasteiger partial charge is 0.494 e. The lowest BCUT2D eigenvalue weighted by Gasteiger charge is -2.11. The third-order valence-electron chi connectivity index (χ3n) is 3.27. The summed E-state index contributed by atoms with van der Waals surface area (Å²) >= 11 is 0. The molecule has 0 saturated carbocycles. The molecule has 0 radical (unpaired) electrons. The molecule has 0 unspecified atom stereocenters. The number of hydrogen-bond acceptors (Lipinski definition) is 5. The smallest absolute Gasteiger partial charge is 0.339 e. The Morgan fingerprint density at radius 1 is 0.960 bits per heavy atom. The van der Waals surface area contributed by atoms with Crippen molar-refractivity contribution < 1.29 is 23.8 Å². The van der Waals surface area contributed by atoms with Crippen molar-refractivity contribution >= 4 is 17.6 Å². The topological polar surface area (TPSA) is 73.9 Å². The van der Waals surface area contributed by atoms with Crippen LogP contribution in [0.2, 0.25) is 0 Å². The number of anilines is 1. The van der Waals surface area contributed by atoms with Crippen LogP contribution < -0.4 is 14.8 Å². The molecule has 6 heteroatoms. The van der Waals surface area contributed by atoms with Crippen molar-refractivity contribution in [2.24, 2.45) is 0 Å². The van der Waals surface area contributed by atoms with Crippen LogP contribution in [0.3, 0.4) is 0 Å².